The molecule has 0 aliphatic heterocycles. The van der Waals surface area contributed by atoms with E-state index in [2.05, 4.69) is 21.5 Å². The van der Waals surface area contributed by atoms with Gasteiger partial charge in [-0.2, -0.15) is 5.10 Å². The van der Waals surface area contributed by atoms with Gasteiger partial charge in [-0.1, -0.05) is 6.07 Å². The topological polar surface area (TPSA) is 42.7 Å². The molecule has 0 aromatic carbocycles. The minimum atomic E-state index is 0.839. The second-order valence-corrected chi connectivity index (χ2v) is 3.52. The van der Waals surface area contributed by atoms with E-state index >= 15 is 0 Å². The van der Waals surface area contributed by atoms with Crippen molar-refractivity contribution in [3.63, 3.8) is 0 Å². The van der Waals surface area contributed by atoms with Gasteiger partial charge in [-0.3, -0.25) is 0 Å². The van der Waals surface area contributed by atoms with E-state index in [4.69, 9.17) is 0 Å². The van der Waals surface area contributed by atoms with Crippen molar-refractivity contribution >= 4 is 0 Å². The van der Waals surface area contributed by atoms with E-state index in [1.807, 2.05) is 38.6 Å². The van der Waals surface area contributed by atoms with E-state index in [0.29, 0.717) is 0 Å². The van der Waals surface area contributed by atoms with Crippen molar-refractivity contribution in [3.05, 3.63) is 41.9 Å². The van der Waals surface area contributed by atoms with Crippen LogP contribution in [-0.2, 0) is 6.54 Å². The predicted octanol–water partition coefficient (Wildman–Crippen LogP) is 1.30. The zero-order valence-corrected chi connectivity index (χ0v) is 8.94. The second-order valence-electron chi connectivity index (χ2n) is 3.52. The number of nitrogens with zero attached hydrogens (tertiary/aromatic N) is 3. The lowest BCUT2D eigenvalue weighted by Crippen LogP contribution is -2.06. The number of hydrogen-bond donors (Lipinski definition) is 1. The van der Waals surface area contributed by atoms with Gasteiger partial charge in [0.15, 0.2) is 5.82 Å². The van der Waals surface area contributed by atoms with Gasteiger partial charge in [-0.05, 0) is 31.2 Å². The summed E-state index contributed by atoms with van der Waals surface area (Å²) in [6.07, 6.45) is 5.64. The number of aryl methyl sites for hydroxylation is 1. The quantitative estimate of drug-likeness (QED) is 0.815. The molecule has 78 valence electrons. The largest absolute Gasteiger partial charge is 0.316 e. The first-order valence-corrected chi connectivity index (χ1v) is 4.91. The Morgan fingerprint density at radius 2 is 2.20 bits per heavy atom. The van der Waals surface area contributed by atoms with Crippen LogP contribution in [0, 0.1) is 6.92 Å². The molecular weight excluding hydrogens is 188 g/mol. The molecule has 0 spiro atoms. The third kappa shape index (κ3) is 2.22. The molecule has 0 radical (unpaired) electrons. The van der Waals surface area contributed by atoms with Gasteiger partial charge in [0.2, 0.25) is 0 Å². The van der Waals surface area contributed by atoms with Gasteiger partial charge in [-0.25, -0.2) is 9.67 Å². The molecule has 0 unspecified atom stereocenters. The summed E-state index contributed by atoms with van der Waals surface area (Å²) < 4.78 is 1.78. The summed E-state index contributed by atoms with van der Waals surface area (Å²) in [5, 5.41) is 7.29. The lowest BCUT2D eigenvalue weighted by atomic mass is 10.3. The average Bonchev–Trinajstić information content (AvgIpc) is 2.67. The van der Waals surface area contributed by atoms with Crippen LogP contribution in [0.1, 0.15) is 11.1 Å². The Hall–Kier alpha value is -1.68. The second kappa shape index (κ2) is 4.23. The van der Waals surface area contributed by atoms with E-state index in [0.717, 1.165) is 17.9 Å². The van der Waals surface area contributed by atoms with Crippen LogP contribution in [0.15, 0.2) is 30.7 Å². The summed E-state index contributed by atoms with van der Waals surface area (Å²) >= 11 is 0. The van der Waals surface area contributed by atoms with Gasteiger partial charge in [0.05, 0.1) is 6.20 Å². The number of aromatic nitrogens is 3. The molecule has 0 fully saturated rings. The summed E-state index contributed by atoms with van der Waals surface area (Å²) in [6, 6.07) is 4.02. The van der Waals surface area contributed by atoms with Crippen LogP contribution in [-0.4, -0.2) is 21.8 Å². The van der Waals surface area contributed by atoms with E-state index in [1.54, 1.807) is 4.68 Å². The van der Waals surface area contributed by atoms with E-state index in [1.165, 1.54) is 5.56 Å². The number of pyridine rings is 1. The summed E-state index contributed by atoms with van der Waals surface area (Å²) in [6.45, 7) is 2.85. The molecule has 0 amide bonds. The van der Waals surface area contributed by atoms with Gasteiger partial charge in [0.1, 0.15) is 0 Å². The molecule has 0 saturated heterocycles. The standard InChI is InChI=1S/C11H14N4/c1-9-5-14-15(8-9)11-4-3-10(6-12-2)7-13-11/h3-5,7-8,12H,6H2,1-2H3. The number of rotatable bonds is 3. The molecule has 2 heterocycles. The number of nitrogens with one attached hydrogen (secondary N) is 1. The highest BCUT2D eigenvalue weighted by Gasteiger charge is 1.99. The van der Waals surface area contributed by atoms with Crippen LogP contribution in [0.2, 0.25) is 0 Å². The fraction of sp³-hybridized carbons (Fsp3) is 0.273. The highest BCUT2D eigenvalue weighted by atomic mass is 15.3. The maximum absolute atomic E-state index is 4.34. The van der Waals surface area contributed by atoms with Crippen molar-refractivity contribution in [2.24, 2.45) is 0 Å². The Labute approximate surface area is 89.0 Å². The SMILES string of the molecule is CNCc1ccc(-n2cc(C)cn2)nc1. The van der Waals surface area contributed by atoms with Gasteiger partial charge >= 0.3 is 0 Å². The monoisotopic (exact) mass is 202 g/mol. The Morgan fingerprint density at radius 1 is 1.33 bits per heavy atom. The fourth-order valence-electron chi connectivity index (χ4n) is 1.40. The van der Waals surface area contributed by atoms with E-state index < -0.39 is 0 Å². The molecule has 0 bridgehead atoms. The van der Waals surface area contributed by atoms with Gasteiger partial charge in [-0.15, -0.1) is 0 Å². The van der Waals surface area contributed by atoms with Crippen molar-refractivity contribution < 1.29 is 0 Å². The molecule has 2 aromatic rings. The molecule has 0 aliphatic carbocycles. The minimum absolute atomic E-state index is 0.839. The first kappa shape index (κ1) is 9.86. The van der Waals surface area contributed by atoms with Crippen molar-refractivity contribution in [1.82, 2.24) is 20.1 Å². The zero-order chi connectivity index (χ0) is 10.7. The maximum atomic E-state index is 4.34. The number of hydrogen-bond acceptors (Lipinski definition) is 3. The Bertz CT molecular complexity index is 430. The third-order valence-corrected chi connectivity index (χ3v) is 2.14. The van der Waals surface area contributed by atoms with Crippen LogP contribution in [0.5, 0.6) is 0 Å². The van der Waals surface area contributed by atoms with Gasteiger partial charge < -0.3 is 5.32 Å². The Morgan fingerprint density at radius 3 is 2.73 bits per heavy atom. The van der Waals surface area contributed by atoms with Crippen molar-refractivity contribution in [2.45, 2.75) is 13.5 Å². The highest BCUT2D eigenvalue weighted by molar-refractivity contribution is 5.25. The smallest absolute Gasteiger partial charge is 0.153 e. The molecule has 1 N–H and O–H groups in total. The van der Waals surface area contributed by atoms with Gasteiger partial charge in [0.25, 0.3) is 0 Å². The van der Waals surface area contributed by atoms with Crippen LogP contribution in [0.25, 0.3) is 5.82 Å². The predicted molar refractivity (Wildman–Crippen MR) is 58.9 cm³/mol. The molecule has 4 heteroatoms. The molecular formula is C11H14N4. The summed E-state index contributed by atoms with van der Waals surface area (Å²) in [5.74, 6) is 0.850. The molecule has 0 atom stereocenters. The molecule has 4 nitrogen and oxygen atoms in total. The van der Waals surface area contributed by atoms with Gasteiger partial charge in [0, 0.05) is 18.9 Å². The molecule has 0 aliphatic rings. The van der Waals surface area contributed by atoms with E-state index in [-0.39, 0.29) is 0 Å². The van der Waals surface area contributed by atoms with Crippen LogP contribution < -0.4 is 5.32 Å². The lowest BCUT2D eigenvalue weighted by Gasteiger charge is -2.02. The highest BCUT2D eigenvalue weighted by Crippen LogP contribution is 2.06. The summed E-state index contributed by atoms with van der Waals surface area (Å²) in [5.41, 5.74) is 2.31. The van der Waals surface area contributed by atoms with Crippen LogP contribution >= 0.6 is 0 Å². The Kier molecular flexibility index (Phi) is 2.78. The molecule has 15 heavy (non-hydrogen) atoms. The van der Waals surface area contributed by atoms with Crippen molar-refractivity contribution in [1.29, 1.82) is 0 Å². The average molecular weight is 202 g/mol. The summed E-state index contributed by atoms with van der Waals surface area (Å²) in [7, 11) is 1.92. The van der Waals surface area contributed by atoms with Crippen LogP contribution in [0.4, 0.5) is 0 Å². The Balaban J connectivity index is 2.23. The molecule has 2 rings (SSSR count). The fourth-order valence-corrected chi connectivity index (χ4v) is 1.40. The lowest BCUT2D eigenvalue weighted by molar-refractivity contribution is 0.801. The first-order chi connectivity index (χ1) is 7.29. The summed E-state index contributed by atoms with van der Waals surface area (Å²) in [4.78, 5) is 4.34. The van der Waals surface area contributed by atoms with Crippen LogP contribution in [0.3, 0.4) is 0 Å². The van der Waals surface area contributed by atoms with E-state index in [9.17, 15) is 0 Å². The normalized spacial score (nSPS) is 10.5. The van der Waals surface area contributed by atoms with Crippen molar-refractivity contribution in [2.75, 3.05) is 7.05 Å². The minimum Gasteiger partial charge on any atom is -0.316 e. The first-order valence-electron chi connectivity index (χ1n) is 4.91. The zero-order valence-electron chi connectivity index (χ0n) is 8.94. The molecule has 0 saturated carbocycles. The third-order valence-electron chi connectivity index (χ3n) is 2.14. The van der Waals surface area contributed by atoms with Crippen molar-refractivity contribution in [3.8, 4) is 5.82 Å². The maximum Gasteiger partial charge on any atom is 0.153 e. The molecule has 2 aromatic heterocycles.